The molecule has 0 bridgehead atoms. The fraction of sp³-hybridized carbons (Fsp3) is 0.552. The minimum atomic E-state index is -0.0358. The lowest BCUT2D eigenvalue weighted by atomic mass is 10.0. The quantitative estimate of drug-likeness (QED) is 0.411. The van der Waals surface area contributed by atoms with E-state index in [1.807, 2.05) is 24.0 Å². The number of benzene rings is 1. The molecule has 2 saturated heterocycles. The number of hydrogen-bond donors (Lipinski definition) is 1. The number of aromatic nitrogens is 3. The molecule has 210 valence electrons. The predicted molar refractivity (Wildman–Crippen MR) is 145 cm³/mol. The van der Waals surface area contributed by atoms with Crippen LogP contribution in [0.3, 0.4) is 0 Å². The fourth-order valence-electron chi connectivity index (χ4n) is 5.74. The smallest absolute Gasteiger partial charge is 0.271 e. The van der Waals surface area contributed by atoms with Crippen molar-refractivity contribution >= 4 is 16.9 Å². The SMILES string of the molecule is CCn1c(CN)[n+](CC2CCOCC2)c2ccc(OCC(=O)N3CCN(Cc4nc(C)ccc4[O-])CC3)cc21. The van der Waals surface area contributed by atoms with Crippen LogP contribution in [0.25, 0.3) is 11.0 Å². The highest BCUT2D eigenvalue weighted by molar-refractivity contribution is 5.78. The number of nitrogens with zero attached hydrogens (tertiary/aromatic N) is 5. The topological polar surface area (TPSA) is 113 Å². The van der Waals surface area contributed by atoms with Gasteiger partial charge in [-0.05, 0) is 44.9 Å². The van der Waals surface area contributed by atoms with Gasteiger partial charge >= 0.3 is 0 Å². The molecule has 0 spiro atoms. The Morgan fingerprint density at radius 1 is 1.18 bits per heavy atom. The Morgan fingerprint density at radius 2 is 1.95 bits per heavy atom. The summed E-state index contributed by atoms with van der Waals surface area (Å²) in [5, 5.41) is 12.1. The Labute approximate surface area is 229 Å². The third-order valence-corrected chi connectivity index (χ3v) is 7.96. The van der Waals surface area contributed by atoms with Crippen molar-refractivity contribution in [1.29, 1.82) is 0 Å². The van der Waals surface area contributed by atoms with E-state index in [1.165, 1.54) is 0 Å². The molecule has 2 aromatic heterocycles. The van der Waals surface area contributed by atoms with Gasteiger partial charge in [-0.2, -0.15) is 0 Å². The summed E-state index contributed by atoms with van der Waals surface area (Å²) >= 11 is 0. The largest absolute Gasteiger partial charge is 0.871 e. The van der Waals surface area contributed by atoms with E-state index in [0.29, 0.717) is 56.6 Å². The van der Waals surface area contributed by atoms with Crippen molar-refractivity contribution in [2.45, 2.75) is 52.9 Å². The second kappa shape index (κ2) is 12.3. The molecule has 0 aliphatic carbocycles. The van der Waals surface area contributed by atoms with Gasteiger partial charge in [-0.1, -0.05) is 11.8 Å². The molecule has 5 rings (SSSR count). The predicted octanol–water partition coefficient (Wildman–Crippen LogP) is 1.33. The number of imidazole rings is 1. The van der Waals surface area contributed by atoms with Crippen molar-refractivity contribution in [3.8, 4) is 11.5 Å². The number of piperazine rings is 1. The van der Waals surface area contributed by atoms with Gasteiger partial charge < -0.3 is 25.2 Å². The van der Waals surface area contributed by atoms with Crippen LogP contribution in [0.1, 0.15) is 37.0 Å². The monoisotopic (exact) mass is 536 g/mol. The van der Waals surface area contributed by atoms with Crippen LogP contribution in [0.2, 0.25) is 0 Å². The number of pyridine rings is 1. The molecule has 10 nitrogen and oxygen atoms in total. The maximum Gasteiger partial charge on any atom is 0.271 e. The van der Waals surface area contributed by atoms with E-state index in [0.717, 1.165) is 61.7 Å². The van der Waals surface area contributed by atoms with Crippen LogP contribution in [-0.4, -0.2) is 71.3 Å². The van der Waals surface area contributed by atoms with Crippen LogP contribution in [0.5, 0.6) is 11.5 Å². The Hall–Kier alpha value is -3.21. The van der Waals surface area contributed by atoms with E-state index < -0.39 is 0 Å². The molecular formula is C29H40N6O4. The summed E-state index contributed by atoms with van der Waals surface area (Å²) in [7, 11) is 0. The second-order valence-electron chi connectivity index (χ2n) is 10.5. The summed E-state index contributed by atoms with van der Waals surface area (Å²) < 4.78 is 16.1. The van der Waals surface area contributed by atoms with Crippen molar-refractivity contribution in [2.24, 2.45) is 11.7 Å². The molecule has 0 radical (unpaired) electrons. The lowest BCUT2D eigenvalue weighted by Gasteiger charge is -2.35. The number of hydrogen-bond acceptors (Lipinski definition) is 7. The Kier molecular flexibility index (Phi) is 8.64. The van der Waals surface area contributed by atoms with Crippen molar-refractivity contribution in [2.75, 3.05) is 46.0 Å². The van der Waals surface area contributed by atoms with Crippen molar-refractivity contribution in [1.82, 2.24) is 19.4 Å². The van der Waals surface area contributed by atoms with E-state index in [2.05, 4.69) is 32.0 Å². The van der Waals surface area contributed by atoms with Gasteiger partial charge in [0, 0.05) is 69.3 Å². The average Bonchev–Trinajstić information content (AvgIpc) is 3.26. The maximum atomic E-state index is 12.9. The number of aryl methyl sites for hydroxylation is 2. The number of ether oxygens (including phenoxy) is 2. The summed E-state index contributed by atoms with van der Waals surface area (Å²) in [5.41, 5.74) is 9.84. The molecule has 1 amide bonds. The summed E-state index contributed by atoms with van der Waals surface area (Å²) in [6.07, 6.45) is 2.13. The first-order chi connectivity index (χ1) is 19.0. The third kappa shape index (κ3) is 6.18. The van der Waals surface area contributed by atoms with Gasteiger partial charge in [-0.15, -0.1) is 0 Å². The van der Waals surface area contributed by atoms with Gasteiger partial charge in [0.25, 0.3) is 11.7 Å². The number of amides is 1. The number of fused-ring (bicyclic) bond motifs is 1. The molecule has 2 aliphatic heterocycles. The highest BCUT2D eigenvalue weighted by atomic mass is 16.5. The Morgan fingerprint density at radius 3 is 2.67 bits per heavy atom. The molecule has 39 heavy (non-hydrogen) atoms. The number of carbonyl (C=O) groups excluding carboxylic acids is 1. The summed E-state index contributed by atoms with van der Waals surface area (Å²) in [6.45, 7) is 11.0. The maximum absolute atomic E-state index is 12.9. The number of rotatable bonds is 9. The van der Waals surface area contributed by atoms with Crippen LogP contribution < -0.4 is 20.1 Å². The highest BCUT2D eigenvalue weighted by Gasteiger charge is 2.27. The highest BCUT2D eigenvalue weighted by Crippen LogP contribution is 2.24. The first kappa shape index (κ1) is 27.4. The van der Waals surface area contributed by atoms with Crippen LogP contribution in [-0.2, 0) is 35.7 Å². The van der Waals surface area contributed by atoms with Crippen LogP contribution in [0.4, 0.5) is 0 Å². The zero-order chi connectivity index (χ0) is 27.4. The van der Waals surface area contributed by atoms with E-state index in [1.54, 1.807) is 12.1 Å². The van der Waals surface area contributed by atoms with E-state index >= 15 is 0 Å². The fourth-order valence-corrected chi connectivity index (χ4v) is 5.74. The minimum Gasteiger partial charge on any atom is -0.871 e. The van der Waals surface area contributed by atoms with Crippen molar-refractivity contribution in [3.05, 3.63) is 47.5 Å². The number of nitrogens with two attached hydrogens (primary N) is 1. The molecule has 0 atom stereocenters. The van der Waals surface area contributed by atoms with E-state index in [9.17, 15) is 9.90 Å². The van der Waals surface area contributed by atoms with Gasteiger partial charge in [0.2, 0.25) is 0 Å². The molecule has 2 fully saturated rings. The first-order valence-corrected chi connectivity index (χ1v) is 14.1. The lowest BCUT2D eigenvalue weighted by molar-refractivity contribution is -0.687. The van der Waals surface area contributed by atoms with Gasteiger partial charge in [0.15, 0.2) is 17.6 Å². The van der Waals surface area contributed by atoms with E-state index in [4.69, 9.17) is 15.2 Å². The average molecular weight is 537 g/mol. The standard InChI is InChI=1S/C29H40N6O4/c1-3-34-26-16-23(5-6-25(26)35(28(34)17-30)18-22-8-14-38-15-9-22)39-20-29(37)33-12-10-32(11-13-33)19-24-27(36)7-4-21(2)31-24/h4-7,16,22H,3,8-15,17-20,30H2,1-2H3. The van der Waals surface area contributed by atoms with Crippen LogP contribution in [0.15, 0.2) is 30.3 Å². The zero-order valence-corrected chi connectivity index (χ0v) is 23.1. The summed E-state index contributed by atoms with van der Waals surface area (Å²) in [6, 6.07) is 9.37. The van der Waals surface area contributed by atoms with E-state index in [-0.39, 0.29) is 18.3 Å². The van der Waals surface area contributed by atoms with Crippen LogP contribution in [0, 0.1) is 12.8 Å². The van der Waals surface area contributed by atoms with Gasteiger partial charge in [-0.3, -0.25) is 14.7 Å². The Balaban J connectivity index is 1.20. The van der Waals surface area contributed by atoms with Gasteiger partial charge in [-0.25, -0.2) is 9.13 Å². The van der Waals surface area contributed by atoms with Crippen LogP contribution >= 0.6 is 0 Å². The molecule has 1 aromatic carbocycles. The first-order valence-electron chi connectivity index (χ1n) is 14.1. The molecular weight excluding hydrogens is 496 g/mol. The normalized spacial score (nSPS) is 17.2. The molecule has 4 heterocycles. The zero-order valence-electron chi connectivity index (χ0n) is 23.1. The van der Waals surface area contributed by atoms with Crippen molar-refractivity contribution in [3.63, 3.8) is 0 Å². The molecule has 0 unspecified atom stereocenters. The van der Waals surface area contributed by atoms with Gasteiger partial charge in [0.05, 0.1) is 19.6 Å². The Bertz CT molecular complexity index is 1290. The minimum absolute atomic E-state index is 0.00565. The molecule has 0 saturated carbocycles. The molecule has 2 aliphatic rings. The molecule has 10 heteroatoms. The molecule has 2 N–H and O–H groups in total. The second-order valence-corrected chi connectivity index (χ2v) is 10.5. The van der Waals surface area contributed by atoms with Gasteiger partial charge in [0.1, 0.15) is 5.75 Å². The summed E-state index contributed by atoms with van der Waals surface area (Å²) in [5.74, 6) is 2.30. The lowest BCUT2D eigenvalue weighted by Crippen LogP contribution is -2.49. The van der Waals surface area contributed by atoms with Crippen molar-refractivity contribution < 1.29 is 23.9 Å². The summed E-state index contributed by atoms with van der Waals surface area (Å²) in [4.78, 5) is 21.3. The number of carbonyl (C=O) groups is 1. The third-order valence-electron chi connectivity index (χ3n) is 7.96. The molecule has 3 aromatic rings.